The molecule has 168 valence electrons. The number of pyridine rings is 1. The molecule has 0 unspecified atom stereocenters. The summed E-state index contributed by atoms with van der Waals surface area (Å²) in [6.07, 6.45) is 2.26. The number of fused-ring (bicyclic) bond motifs is 1. The van der Waals surface area contributed by atoms with E-state index >= 15 is 0 Å². The van der Waals surface area contributed by atoms with E-state index in [2.05, 4.69) is 10.3 Å². The molecule has 0 aliphatic carbocycles. The molecule has 9 heteroatoms. The Balaban J connectivity index is 1.57. The largest absolute Gasteiger partial charge is 0.383 e. The molecule has 3 heterocycles. The molecule has 0 radical (unpaired) electrons. The monoisotopic (exact) mass is 453 g/mol. The highest BCUT2D eigenvalue weighted by atomic mass is 32.2. The first kappa shape index (κ1) is 22.0. The van der Waals surface area contributed by atoms with E-state index < -0.39 is 10.0 Å². The lowest BCUT2D eigenvalue weighted by Gasteiger charge is -2.28. The Morgan fingerprint density at radius 3 is 2.66 bits per heavy atom. The summed E-state index contributed by atoms with van der Waals surface area (Å²) in [7, 11) is -2.04. The summed E-state index contributed by atoms with van der Waals surface area (Å²) >= 11 is 0. The topological polar surface area (TPSA) is 110 Å². The molecule has 4 rings (SSSR count). The predicted octanol–water partition coefficient (Wildman–Crippen LogP) is 2.30. The number of nitrogens with two attached hydrogens (primary N) is 1. The van der Waals surface area contributed by atoms with Gasteiger partial charge >= 0.3 is 0 Å². The van der Waals surface area contributed by atoms with Crippen molar-refractivity contribution in [3.63, 3.8) is 0 Å². The molecule has 0 atom stereocenters. The fraction of sp³-hybridized carbons (Fsp3) is 0.304. The Morgan fingerprint density at radius 2 is 1.91 bits per heavy atom. The van der Waals surface area contributed by atoms with E-state index in [0.717, 1.165) is 16.7 Å². The number of hydrogen-bond donors (Lipinski definition) is 2. The Labute approximate surface area is 188 Å². The van der Waals surface area contributed by atoms with Gasteiger partial charge in [-0.2, -0.15) is 4.31 Å². The van der Waals surface area contributed by atoms with Crippen LogP contribution in [0.3, 0.4) is 0 Å². The van der Waals surface area contributed by atoms with Gasteiger partial charge in [-0.25, -0.2) is 13.4 Å². The molecule has 3 N–H and O–H groups in total. The summed E-state index contributed by atoms with van der Waals surface area (Å²) in [5.41, 5.74) is 10.5. The smallest absolute Gasteiger partial charge is 0.268 e. The third kappa shape index (κ3) is 3.89. The van der Waals surface area contributed by atoms with Crippen LogP contribution < -0.4 is 11.1 Å². The van der Waals surface area contributed by atoms with Gasteiger partial charge in [-0.05, 0) is 54.7 Å². The van der Waals surface area contributed by atoms with Gasteiger partial charge in [0.25, 0.3) is 5.91 Å². The second-order valence-corrected chi connectivity index (χ2v) is 9.96. The van der Waals surface area contributed by atoms with Gasteiger partial charge in [0, 0.05) is 38.6 Å². The number of nitrogen functional groups attached to an aromatic ring is 1. The standard InChI is InChI=1S/C23H27N5O3S/c1-15-18(8-10-25-22(15)24)13-26-23(29)20-12-21(16(2)27(20)3)32(30,31)28-11-9-17-6-4-5-7-19(17)14-28/h4-8,10,12H,9,11,13-14H2,1-3H3,(H2,24,25)(H,26,29). The van der Waals surface area contributed by atoms with Gasteiger partial charge in [-0.3, -0.25) is 4.79 Å². The van der Waals surface area contributed by atoms with E-state index in [4.69, 9.17) is 5.73 Å². The van der Waals surface area contributed by atoms with E-state index in [-0.39, 0.29) is 23.0 Å². The van der Waals surface area contributed by atoms with Crippen LogP contribution in [-0.4, -0.2) is 34.7 Å². The number of carbonyl (C=O) groups is 1. The molecular formula is C23H27N5O3S. The summed E-state index contributed by atoms with van der Waals surface area (Å²) in [4.78, 5) is 17.1. The van der Waals surface area contributed by atoms with Crippen LogP contribution in [0.5, 0.6) is 0 Å². The highest BCUT2D eigenvalue weighted by Gasteiger charge is 2.32. The molecule has 1 amide bonds. The van der Waals surface area contributed by atoms with Crippen molar-refractivity contribution >= 4 is 21.7 Å². The number of anilines is 1. The van der Waals surface area contributed by atoms with Crippen molar-refractivity contribution < 1.29 is 13.2 Å². The van der Waals surface area contributed by atoms with Gasteiger partial charge in [-0.15, -0.1) is 0 Å². The molecule has 3 aromatic rings. The van der Waals surface area contributed by atoms with E-state index in [1.165, 1.54) is 15.9 Å². The number of sulfonamides is 1. The number of nitrogens with zero attached hydrogens (tertiary/aromatic N) is 3. The third-order valence-corrected chi connectivity index (χ3v) is 8.19. The van der Waals surface area contributed by atoms with E-state index in [1.54, 1.807) is 30.8 Å². The molecule has 2 aromatic heterocycles. The van der Waals surface area contributed by atoms with E-state index in [1.807, 2.05) is 31.2 Å². The number of rotatable bonds is 5. The lowest BCUT2D eigenvalue weighted by Crippen LogP contribution is -2.36. The molecular weight excluding hydrogens is 426 g/mol. The summed E-state index contributed by atoms with van der Waals surface area (Å²) < 4.78 is 30.0. The van der Waals surface area contributed by atoms with Crippen LogP contribution in [0.25, 0.3) is 0 Å². The van der Waals surface area contributed by atoms with Crippen molar-refractivity contribution in [2.75, 3.05) is 12.3 Å². The van der Waals surface area contributed by atoms with Crippen LogP contribution in [0.15, 0.2) is 47.5 Å². The number of carbonyl (C=O) groups excluding carboxylic acids is 1. The summed E-state index contributed by atoms with van der Waals surface area (Å²) in [5, 5.41) is 2.86. The molecule has 0 spiro atoms. The second kappa shape index (κ2) is 8.40. The lowest BCUT2D eigenvalue weighted by atomic mass is 10.0. The number of aromatic nitrogens is 2. The Hall–Kier alpha value is -3.17. The summed E-state index contributed by atoms with van der Waals surface area (Å²) in [5.74, 6) is 0.0683. The zero-order valence-electron chi connectivity index (χ0n) is 18.4. The summed E-state index contributed by atoms with van der Waals surface area (Å²) in [6.45, 7) is 4.58. The molecule has 1 aliphatic rings. The van der Waals surface area contributed by atoms with Gasteiger partial charge in [0.05, 0.1) is 0 Å². The number of nitrogens with one attached hydrogen (secondary N) is 1. The van der Waals surface area contributed by atoms with E-state index in [9.17, 15) is 13.2 Å². The minimum Gasteiger partial charge on any atom is -0.383 e. The maximum absolute atomic E-state index is 13.4. The van der Waals surface area contributed by atoms with Crippen molar-refractivity contribution in [1.29, 1.82) is 0 Å². The van der Waals surface area contributed by atoms with Crippen LogP contribution in [-0.2, 0) is 36.6 Å². The number of benzene rings is 1. The Morgan fingerprint density at radius 1 is 1.19 bits per heavy atom. The van der Waals surface area contributed by atoms with Gasteiger partial charge in [0.2, 0.25) is 10.0 Å². The van der Waals surface area contributed by atoms with Crippen LogP contribution in [0.2, 0.25) is 0 Å². The fourth-order valence-electron chi connectivity index (χ4n) is 4.02. The first-order valence-electron chi connectivity index (χ1n) is 10.4. The fourth-order valence-corrected chi connectivity index (χ4v) is 5.71. The average molecular weight is 454 g/mol. The highest BCUT2D eigenvalue weighted by Crippen LogP contribution is 2.28. The van der Waals surface area contributed by atoms with Crippen molar-refractivity contribution in [2.24, 2.45) is 7.05 Å². The van der Waals surface area contributed by atoms with E-state index in [0.29, 0.717) is 31.0 Å². The zero-order valence-corrected chi connectivity index (χ0v) is 19.2. The van der Waals surface area contributed by atoms with Crippen LogP contribution in [0.1, 0.15) is 38.4 Å². The maximum atomic E-state index is 13.4. The predicted molar refractivity (Wildman–Crippen MR) is 122 cm³/mol. The molecule has 32 heavy (non-hydrogen) atoms. The molecule has 0 fully saturated rings. The number of hydrogen-bond acceptors (Lipinski definition) is 5. The third-order valence-electron chi connectivity index (χ3n) is 6.23. The average Bonchev–Trinajstić information content (AvgIpc) is 3.09. The van der Waals surface area contributed by atoms with Crippen molar-refractivity contribution in [3.8, 4) is 0 Å². The first-order chi connectivity index (χ1) is 15.2. The van der Waals surface area contributed by atoms with Gasteiger partial charge in [0.1, 0.15) is 16.4 Å². The van der Waals surface area contributed by atoms with Crippen LogP contribution in [0, 0.1) is 13.8 Å². The molecule has 0 bridgehead atoms. The van der Waals surface area contributed by atoms with Crippen LogP contribution in [0.4, 0.5) is 5.82 Å². The number of amides is 1. The van der Waals surface area contributed by atoms with Gasteiger partial charge < -0.3 is 15.6 Å². The molecule has 1 aliphatic heterocycles. The van der Waals surface area contributed by atoms with Crippen molar-refractivity contribution in [3.05, 3.63) is 76.2 Å². The Kier molecular flexibility index (Phi) is 5.79. The maximum Gasteiger partial charge on any atom is 0.268 e. The van der Waals surface area contributed by atoms with Gasteiger partial charge in [0.15, 0.2) is 0 Å². The normalized spacial score (nSPS) is 14.2. The van der Waals surface area contributed by atoms with Crippen LogP contribution >= 0.6 is 0 Å². The quantitative estimate of drug-likeness (QED) is 0.616. The Bertz CT molecular complexity index is 1300. The zero-order chi connectivity index (χ0) is 23.0. The first-order valence-corrected chi connectivity index (χ1v) is 11.9. The lowest BCUT2D eigenvalue weighted by molar-refractivity contribution is 0.0942. The molecule has 1 aromatic carbocycles. The summed E-state index contributed by atoms with van der Waals surface area (Å²) in [6, 6.07) is 11.1. The minimum atomic E-state index is -3.74. The van der Waals surface area contributed by atoms with Crippen molar-refractivity contribution in [2.45, 2.75) is 38.3 Å². The second-order valence-electron chi connectivity index (χ2n) is 8.06. The van der Waals surface area contributed by atoms with Gasteiger partial charge in [-0.1, -0.05) is 24.3 Å². The minimum absolute atomic E-state index is 0.161. The SMILES string of the molecule is Cc1c(CNC(=O)c2cc(S(=O)(=O)N3CCc4ccccc4C3)c(C)n2C)ccnc1N. The highest BCUT2D eigenvalue weighted by molar-refractivity contribution is 7.89. The molecule has 8 nitrogen and oxygen atoms in total. The molecule has 0 saturated carbocycles. The van der Waals surface area contributed by atoms with Crippen molar-refractivity contribution in [1.82, 2.24) is 19.2 Å². The molecule has 0 saturated heterocycles.